The van der Waals surface area contributed by atoms with Crippen LogP contribution in [-0.4, -0.2) is 52.1 Å². The molecule has 2 heterocycles. The van der Waals surface area contributed by atoms with E-state index in [0.29, 0.717) is 18.7 Å². The predicted molar refractivity (Wildman–Crippen MR) is 101 cm³/mol. The Balaban J connectivity index is 1.89. The van der Waals surface area contributed by atoms with Gasteiger partial charge in [-0.3, -0.25) is 9.48 Å². The molecule has 1 aliphatic heterocycles. The van der Waals surface area contributed by atoms with E-state index in [4.69, 9.17) is 9.47 Å². The normalized spacial score (nSPS) is 18.9. The van der Waals surface area contributed by atoms with E-state index in [2.05, 4.69) is 5.10 Å². The van der Waals surface area contributed by atoms with Gasteiger partial charge in [-0.1, -0.05) is 12.1 Å². The predicted octanol–water partition coefficient (Wildman–Crippen LogP) is 2.09. The van der Waals surface area contributed by atoms with Gasteiger partial charge in [-0.25, -0.2) is 0 Å². The topological polar surface area (TPSA) is 76.8 Å². The van der Waals surface area contributed by atoms with E-state index >= 15 is 0 Å². The number of aryl methyl sites for hydroxylation is 1. The quantitative estimate of drug-likeness (QED) is 0.839. The van der Waals surface area contributed by atoms with E-state index in [0.717, 1.165) is 22.6 Å². The first kappa shape index (κ1) is 19.4. The molecule has 7 nitrogen and oxygen atoms in total. The number of aliphatic hydroxyl groups excluding tert-OH is 1. The molecule has 1 aromatic carbocycles. The van der Waals surface area contributed by atoms with Gasteiger partial charge in [-0.05, 0) is 31.5 Å². The molecule has 146 valence electrons. The van der Waals surface area contributed by atoms with Crippen LogP contribution in [0, 0.1) is 0 Å². The lowest BCUT2D eigenvalue weighted by molar-refractivity contribution is -0.00715. The van der Waals surface area contributed by atoms with Crippen molar-refractivity contribution in [3.63, 3.8) is 0 Å². The van der Waals surface area contributed by atoms with Crippen molar-refractivity contribution in [2.24, 2.45) is 7.05 Å². The van der Waals surface area contributed by atoms with Gasteiger partial charge in [0.25, 0.3) is 5.91 Å². The Kier molecular flexibility index (Phi) is 5.82. The van der Waals surface area contributed by atoms with Crippen LogP contribution in [0.5, 0.6) is 5.75 Å². The molecule has 0 aliphatic carbocycles. The van der Waals surface area contributed by atoms with Crippen molar-refractivity contribution in [3.05, 3.63) is 46.8 Å². The van der Waals surface area contributed by atoms with Gasteiger partial charge in [0.1, 0.15) is 11.4 Å². The van der Waals surface area contributed by atoms with Crippen LogP contribution in [-0.2, 0) is 24.8 Å². The summed E-state index contributed by atoms with van der Waals surface area (Å²) < 4.78 is 12.7. The maximum atomic E-state index is 13.3. The minimum absolute atomic E-state index is 0.0381. The summed E-state index contributed by atoms with van der Waals surface area (Å²) >= 11 is 0. The van der Waals surface area contributed by atoms with Crippen molar-refractivity contribution < 1.29 is 19.4 Å². The highest BCUT2D eigenvalue weighted by atomic mass is 16.5. The summed E-state index contributed by atoms with van der Waals surface area (Å²) in [6, 6.07) is 7.58. The van der Waals surface area contributed by atoms with Crippen LogP contribution in [0.25, 0.3) is 0 Å². The van der Waals surface area contributed by atoms with Gasteiger partial charge < -0.3 is 19.5 Å². The van der Waals surface area contributed by atoms with E-state index in [1.54, 1.807) is 23.7 Å². The van der Waals surface area contributed by atoms with Crippen LogP contribution in [0.1, 0.15) is 47.3 Å². The van der Waals surface area contributed by atoms with Gasteiger partial charge in [-0.2, -0.15) is 5.10 Å². The fourth-order valence-electron chi connectivity index (χ4n) is 3.61. The first-order chi connectivity index (χ1) is 12.9. The van der Waals surface area contributed by atoms with Gasteiger partial charge in [0.05, 0.1) is 31.6 Å². The minimum atomic E-state index is -0.135. The van der Waals surface area contributed by atoms with Crippen LogP contribution in [0.4, 0.5) is 0 Å². The molecule has 3 rings (SSSR count). The number of rotatable bonds is 6. The van der Waals surface area contributed by atoms with E-state index < -0.39 is 0 Å². The van der Waals surface area contributed by atoms with Gasteiger partial charge in [-0.15, -0.1) is 0 Å². The molecule has 1 aromatic heterocycles. The van der Waals surface area contributed by atoms with E-state index in [1.165, 1.54) is 0 Å². The Bertz CT molecular complexity index is 800. The smallest absolute Gasteiger partial charge is 0.272 e. The Morgan fingerprint density at radius 2 is 2.07 bits per heavy atom. The van der Waals surface area contributed by atoms with Gasteiger partial charge in [0.2, 0.25) is 0 Å². The average Bonchev–Trinajstić information content (AvgIpc) is 2.97. The summed E-state index contributed by atoms with van der Waals surface area (Å²) in [5, 5.41) is 14.0. The first-order valence-corrected chi connectivity index (χ1v) is 9.18. The summed E-state index contributed by atoms with van der Waals surface area (Å²) in [5.74, 6) is 0.639. The number of hydrogen-bond donors (Lipinski definition) is 1. The van der Waals surface area contributed by atoms with Crippen LogP contribution in [0.2, 0.25) is 0 Å². The number of methoxy groups -OCH3 is 1. The number of aliphatic hydroxyl groups is 1. The zero-order valence-corrected chi connectivity index (χ0v) is 16.3. The molecule has 0 unspecified atom stereocenters. The van der Waals surface area contributed by atoms with Crippen LogP contribution in [0.15, 0.2) is 24.3 Å². The highest BCUT2D eigenvalue weighted by molar-refractivity contribution is 5.94. The molecule has 2 atom stereocenters. The molecular formula is C20H27N3O4. The number of ether oxygens (including phenoxy) is 2. The lowest BCUT2D eigenvalue weighted by Gasteiger charge is -2.26. The molecule has 0 bridgehead atoms. The Morgan fingerprint density at radius 3 is 2.70 bits per heavy atom. The van der Waals surface area contributed by atoms with Crippen LogP contribution in [0.3, 0.4) is 0 Å². The summed E-state index contributed by atoms with van der Waals surface area (Å²) in [7, 11) is 3.40. The van der Waals surface area contributed by atoms with Crippen molar-refractivity contribution >= 4 is 5.91 Å². The Morgan fingerprint density at radius 1 is 1.37 bits per heavy atom. The molecule has 27 heavy (non-hydrogen) atoms. The molecule has 0 fully saturated rings. The number of fused-ring (bicyclic) bond motifs is 1. The van der Waals surface area contributed by atoms with Gasteiger partial charge in [0, 0.05) is 32.1 Å². The molecule has 7 heteroatoms. The zero-order chi connectivity index (χ0) is 19.6. The number of nitrogens with zero attached hydrogens (tertiary/aromatic N) is 3. The number of amides is 1. The van der Waals surface area contributed by atoms with E-state index in [-0.39, 0.29) is 31.3 Å². The largest absolute Gasteiger partial charge is 0.497 e. The SMILES string of the molecule is COc1ccc(CN(CCO)C(=O)c2c3c(nn2C)[C@H](C)O[C@H](C)C3)cc1. The molecule has 1 amide bonds. The molecule has 0 spiro atoms. The second-order valence-corrected chi connectivity index (χ2v) is 6.93. The van der Waals surface area contributed by atoms with Gasteiger partial charge >= 0.3 is 0 Å². The third-order valence-corrected chi connectivity index (χ3v) is 4.88. The fourth-order valence-corrected chi connectivity index (χ4v) is 3.61. The van der Waals surface area contributed by atoms with E-state index in [1.807, 2.05) is 38.1 Å². The molecule has 2 aromatic rings. The lowest BCUT2D eigenvalue weighted by Crippen LogP contribution is -2.35. The second-order valence-electron chi connectivity index (χ2n) is 6.93. The minimum Gasteiger partial charge on any atom is -0.497 e. The van der Waals surface area contributed by atoms with Crippen molar-refractivity contribution in [3.8, 4) is 5.75 Å². The number of hydrogen-bond acceptors (Lipinski definition) is 5. The second kappa shape index (κ2) is 8.10. The Hall–Kier alpha value is -2.38. The van der Waals surface area contributed by atoms with Crippen LogP contribution < -0.4 is 4.74 Å². The number of aromatic nitrogens is 2. The maximum Gasteiger partial charge on any atom is 0.272 e. The average molecular weight is 373 g/mol. The number of carbonyl (C=O) groups is 1. The van der Waals surface area contributed by atoms with Gasteiger partial charge in [0.15, 0.2) is 0 Å². The monoisotopic (exact) mass is 373 g/mol. The highest BCUT2D eigenvalue weighted by Crippen LogP contribution is 2.31. The first-order valence-electron chi connectivity index (χ1n) is 9.18. The molecule has 0 saturated carbocycles. The highest BCUT2D eigenvalue weighted by Gasteiger charge is 2.32. The molecule has 1 aliphatic rings. The maximum absolute atomic E-state index is 13.3. The zero-order valence-electron chi connectivity index (χ0n) is 16.3. The molecule has 0 saturated heterocycles. The summed E-state index contributed by atoms with van der Waals surface area (Å²) in [6.07, 6.45) is 0.560. The molecule has 0 radical (unpaired) electrons. The lowest BCUT2D eigenvalue weighted by atomic mass is 9.99. The summed E-state index contributed by atoms with van der Waals surface area (Å²) in [4.78, 5) is 15.0. The molecular weight excluding hydrogens is 346 g/mol. The fraction of sp³-hybridized carbons (Fsp3) is 0.500. The third kappa shape index (κ3) is 3.99. The van der Waals surface area contributed by atoms with E-state index in [9.17, 15) is 9.90 Å². The summed E-state index contributed by atoms with van der Waals surface area (Å²) in [5.41, 5.74) is 3.33. The van der Waals surface area contributed by atoms with Crippen molar-refractivity contribution in [1.82, 2.24) is 14.7 Å². The number of carbonyl (C=O) groups excluding carboxylic acids is 1. The molecule has 1 N–H and O–H groups in total. The van der Waals surface area contributed by atoms with Crippen molar-refractivity contribution in [1.29, 1.82) is 0 Å². The van der Waals surface area contributed by atoms with Crippen molar-refractivity contribution in [2.75, 3.05) is 20.3 Å². The standard InChI is InChI=1S/C20H27N3O4/c1-13-11-17-18(14(2)27-13)21-22(3)19(17)20(25)23(9-10-24)12-15-5-7-16(26-4)8-6-15/h5-8,13-14,24H,9-12H2,1-4H3/t13-,14+/m1/s1. The third-order valence-electron chi connectivity index (χ3n) is 4.88. The summed E-state index contributed by atoms with van der Waals surface area (Å²) in [6.45, 7) is 4.53. The van der Waals surface area contributed by atoms with Crippen molar-refractivity contribution in [2.45, 2.75) is 39.0 Å². The van der Waals surface area contributed by atoms with Crippen LogP contribution >= 0.6 is 0 Å². The number of benzene rings is 1. The Labute approximate surface area is 159 Å².